The zero-order chi connectivity index (χ0) is 17.9. The monoisotopic (exact) mass is 341 g/mol. The highest BCUT2D eigenvalue weighted by Gasteiger charge is 2.25. The molecule has 0 unspecified atom stereocenters. The van der Waals surface area contributed by atoms with Gasteiger partial charge in [0.1, 0.15) is 0 Å². The number of nitrogens with one attached hydrogen (secondary N) is 3. The Morgan fingerprint density at radius 1 is 1.00 bits per heavy atom. The van der Waals surface area contributed by atoms with Crippen molar-refractivity contribution in [3.63, 3.8) is 0 Å². The molecule has 4 heteroatoms. The summed E-state index contributed by atoms with van der Waals surface area (Å²) in [7, 11) is 0. The summed E-state index contributed by atoms with van der Waals surface area (Å²) in [5.74, 6) is 0. The highest BCUT2D eigenvalue weighted by atomic mass is 16.1. The fourth-order valence-electron chi connectivity index (χ4n) is 3.80. The summed E-state index contributed by atoms with van der Waals surface area (Å²) in [6, 6.07) is 13.7. The van der Waals surface area contributed by atoms with Gasteiger partial charge in [0, 0.05) is 28.9 Å². The maximum absolute atomic E-state index is 13.1. The predicted molar refractivity (Wildman–Crippen MR) is 109 cm³/mol. The van der Waals surface area contributed by atoms with Gasteiger partial charge >= 0.3 is 0 Å². The number of hydrogen-bond donors (Lipinski definition) is 3. The highest BCUT2D eigenvalue weighted by molar-refractivity contribution is 6.15. The van der Waals surface area contributed by atoms with Crippen molar-refractivity contribution in [2.24, 2.45) is 0 Å². The predicted octanol–water partition coefficient (Wildman–Crippen LogP) is 4.89. The van der Waals surface area contributed by atoms with Crippen molar-refractivity contribution in [3.05, 3.63) is 70.5 Å². The Bertz CT molecular complexity index is 1240. The topological polar surface area (TPSA) is 60.7 Å². The van der Waals surface area contributed by atoms with Crippen LogP contribution in [0.2, 0.25) is 0 Å². The molecule has 128 valence electrons. The molecule has 4 nitrogen and oxygen atoms in total. The Hall–Kier alpha value is -3.27. The average Bonchev–Trinajstić information content (AvgIpc) is 3.12. The van der Waals surface area contributed by atoms with E-state index in [1.807, 2.05) is 42.6 Å². The number of aromatic nitrogens is 2. The van der Waals surface area contributed by atoms with E-state index in [4.69, 9.17) is 0 Å². The summed E-state index contributed by atoms with van der Waals surface area (Å²) in [6.45, 7) is 4.24. The normalized spacial score (nSPS) is 15.2. The van der Waals surface area contributed by atoms with Crippen molar-refractivity contribution in [3.8, 4) is 11.3 Å². The van der Waals surface area contributed by atoms with E-state index in [1.54, 1.807) is 6.07 Å². The summed E-state index contributed by atoms with van der Waals surface area (Å²) >= 11 is 0. The van der Waals surface area contributed by atoms with Gasteiger partial charge in [0.25, 0.3) is 0 Å². The number of anilines is 1. The number of hydrogen-bond acceptors (Lipinski definition) is 2. The first-order valence-electron chi connectivity index (χ1n) is 8.76. The zero-order valence-electron chi connectivity index (χ0n) is 14.7. The van der Waals surface area contributed by atoms with Crippen LogP contribution in [0.25, 0.3) is 39.1 Å². The first kappa shape index (κ1) is 15.0. The molecule has 26 heavy (non-hydrogen) atoms. The third-order valence-electron chi connectivity index (χ3n) is 5.04. The van der Waals surface area contributed by atoms with Crippen molar-refractivity contribution in [2.75, 3.05) is 5.32 Å². The Balaban J connectivity index is 1.92. The molecule has 1 aliphatic heterocycles. The van der Waals surface area contributed by atoms with Gasteiger partial charge in [-0.1, -0.05) is 42.5 Å². The lowest BCUT2D eigenvalue weighted by Gasteiger charge is -2.30. The number of benzene rings is 2. The molecular formula is C22H19N3O. The van der Waals surface area contributed by atoms with Crippen molar-refractivity contribution in [1.29, 1.82) is 0 Å². The molecule has 1 aliphatic rings. The maximum Gasteiger partial charge on any atom is 0.190 e. The van der Waals surface area contributed by atoms with Crippen molar-refractivity contribution in [2.45, 2.75) is 19.4 Å². The smallest absolute Gasteiger partial charge is 0.190 e. The quantitative estimate of drug-likeness (QED) is 0.461. The second-order valence-electron chi connectivity index (χ2n) is 7.40. The first-order valence-corrected chi connectivity index (χ1v) is 8.76. The fourth-order valence-corrected chi connectivity index (χ4v) is 3.80. The van der Waals surface area contributed by atoms with E-state index in [9.17, 15) is 4.79 Å². The number of rotatable bonds is 1. The lowest BCUT2D eigenvalue weighted by Crippen LogP contribution is -2.31. The third-order valence-corrected chi connectivity index (χ3v) is 5.04. The lowest BCUT2D eigenvalue weighted by molar-refractivity contribution is 0.712. The minimum atomic E-state index is -0.157. The van der Waals surface area contributed by atoms with Gasteiger partial charge in [0.2, 0.25) is 0 Å². The van der Waals surface area contributed by atoms with Crippen LogP contribution in [0.4, 0.5) is 5.69 Å². The van der Waals surface area contributed by atoms with E-state index < -0.39 is 0 Å². The molecule has 0 saturated carbocycles. The zero-order valence-corrected chi connectivity index (χ0v) is 14.7. The summed E-state index contributed by atoms with van der Waals surface area (Å²) in [5, 5.41) is 5.31. The summed E-state index contributed by atoms with van der Waals surface area (Å²) < 4.78 is 0. The minimum absolute atomic E-state index is 0.0307. The van der Waals surface area contributed by atoms with Gasteiger partial charge in [0.15, 0.2) is 5.43 Å². The Labute approximate surface area is 150 Å². The molecule has 0 aliphatic carbocycles. The van der Waals surface area contributed by atoms with Crippen LogP contribution in [0.1, 0.15) is 19.4 Å². The van der Waals surface area contributed by atoms with E-state index in [-0.39, 0.29) is 11.0 Å². The molecular weight excluding hydrogens is 322 g/mol. The van der Waals surface area contributed by atoms with E-state index in [0.717, 1.165) is 44.3 Å². The molecule has 0 radical (unpaired) electrons. The molecule has 2 aromatic carbocycles. The summed E-state index contributed by atoms with van der Waals surface area (Å²) in [5.41, 5.74) is 5.53. The molecule has 0 saturated heterocycles. The molecule has 5 rings (SSSR count). The first-order chi connectivity index (χ1) is 12.5. The van der Waals surface area contributed by atoms with Crippen molar-refractivity contribution in [1.82, 2.24) is 9.97 Å². The number of fused-ring (bicyclic) bond motifs is 6. The van der Waals surface area contributed by atoms with Gasteiger partial charge in [-0.3, -0.25) is 4.79 Å². The van der Waals surface area contributed by atoms with Gasteiger partial charge < -0.3 is 15.3 Å². The van der Waals surface area contributed by atoms with Crippen LogP contribution in [0.5, 0.6) is 0 Å². The molecule has 3 heterocycles. The van der Waals surface area contributed by atoms with E-state index in [2.05, 4.69) is 41.3 Å². The molecule has 2 aromatic heterocycles. The SMILES string of the molecule is CC1(C)C=Cc2c(c3[nH]ccc3c3[nH]c(-c4ccccc4)cc(=O)c23)N1. The molecule has 3 N–H and O–H groups in total. The van der Waals surface area contributed by atoms with Gasteiger partial charge in [0.05, 0.1) is 27.6 Å². The largest absolute Gasteiger partial charge is 0.374 e. The summed E-state index contributed by atoms with van der Waals surface area (Å²) in [4.78, 5) is 19.9. The Morgan fingerprint density at radius 2 is 1.81 bits per heavy atom. The molecule has 0 bridgehead atoms. The Kier molecular flexibility index (Phi) is 2.95. The molecule has 0 atom stereocenters. The van der Waals surface area contributed by atoms with E-state index in [0.29, 0.717) is 0 Å². The summed E-state index contributed by atoms with van der Waals surface area (Å²) in [6.07, 6.45) is 6.09. The maximum atomic E-state index is 13.1. The standard InChI is InChI=1S/C22H19N3O/c1-22(2)10-8-14-18-17(26)12-16(13-6-4-3-5-7-13)24-19(18)15-9-11-23-20(15)21(14)25-22/h3-12,23,25H,1-2H3,(H,24,26). The molecule has 0 spiro atoms. The molecule has 4 aromatic rings. The Morgan fingerprint density at radius 3 is 2.62 bits per heavy atom. The van der Waals surface area contributed by atoms with E-state index in [1.165, 1.54) is 0 Å². The van der Waals surface area contributed by atoms with Gasteiger partial charge in [-0.05, 0) is 25.5 Å². The van der Waals surface area contributed by atoms with Crippen molar-refractivity contribution < 1.29 is 0 Å². The van der Waals surface area contributed by atoms with Gasteiger partial charge in [-0.25, -0.2) is 0 Å². The highest BCUT2D eigenvalue weighted by Crippen LogP contribution is 2.39. The molecule has 0 amide bonds. The van der Waals surface area contributed by atoms with Crippen LogP contribution in [-0.4, -0.2) is 15.5 Å². The number of aromatic amines is 2. The van der Waals surface area contributed by atoms with Crippen LogP contribution in [0, 0.1) is 0 Å². The second-order valence-corrected chi connectivity index (χ2v) is 7.40. The lowest BCUT2D eigenvalue weighted by atomic mass is 9.92. The van der Waals surface area contributed by atoms with Crippen LogP contribution >= 0.6 is 0 Å². The molecule has 0 fully saturated rings. The van der Waals surface area contributed by atoms with Crippen LogP contribution in [0.3, 0.4) is 0 Å². The van der Waals surface area contributed by atoms with Crippen LogP contribution < -0.4 is 10.7 Å². The third kappa shape index (κ3) is 2.12. The minimum Gasteiger partial charge on any atom is -0.374 e. The van der Waals surface area contributed by atoms with Crippen LogP contribution in [0.15, 0.2) is 59.5 Å². The second kappa shape index (κ2) is 5.11. The van der Waals surface area contributed by atoms with Crippen molar-refractivity contribution >= 4 is 33.6 Å². The van der Waals surface area contributed by atoms with Gasteiger partial charge in [-0.15, -0.1) is 0 Å². The number of pyridine rings is 1. The number of H-pyrrole nitrogens is 2. The average molecular weight is 341 g/mol. The van der Waals surface area contributed by atoms with Crippen LogP contribution in [-0.2, 0) is 0 Å². The van der Waals surface area contributed by atoms with Gasteiger partial charge in [-0.2, -0.15) is 0 Å². The fraction of sp³-hybridized carbons (Fsp3) is 0.136. The van der Waals surface area contributed by atoms with E-state index >= 15 is 0 Å².